The van der Waals surface area contributed by atoms with Crippen LogP contribution in [0.3, 0.4) is 0 Å². The average Bonchev–Trinajstić information content (AvgIpc) is 3.23. The summed E-state index contributed by atoms with van der Waals surface area (Å²) < 4.78 is 5.06. The van der Waals surface area contributed by atoms with Crippen molar-refractivity contribution >= 4 is 34.4 Å². The Bertz CT molecular complexity index is 784. The van der Waals surface area contributed by atoms with Crippen molar-refractivity contribution < 1.29 is 14.3 Å². The van der Waals surface area contributed by atoms with Crippen molar-refractivity contribution in [2.75, 3.05) is 31.7 Å². The molecule has 0 bridgehead atoms. The van der Waals surface area contributed by atoms with Crippen molar-refractivity contribution in [3.63, 3.8) is 0 Å². The highest BCUT2D eigenvalue weighted by Gasteiger charge is 2.41. The molecule has 0 atom stereocenters. The van der Waals surface area contributed by atoms with Crippen molar-refractivity contribution in [1.29, 1.82) is 0 Å². The summed E-state index contributed by atoms with van der Waals surface area (Å²) in [6.07, 6.45) is 0. The van der Waals surface area contributed by atoms with Crippen LogP contribution in [0.15, 0.2) is 53.5 Å². The minimum atomic E-state index is -0.267. The molecule has 3 rings (SSSR count). The summed E-state index contributed by atoms with van der Waals surface area (Å²) in [7, 11) is 1.56. The molecule has 0 N–H and O–H groups in total. The first-order valence-corrected chi connectivity index (χ1v) is 9.02. The van der Waals surface area contributed by atoms with Crippen molar-refractivity contribution in [1.82, 2.24) is 4.90 Å². The van der Waals surface area contributed by atoms with Crippen LogP contribution in [0.1, 0.15) is 11.8 Å². The van der Waals surface area contributed by atoms with Gasteiger partial charge in [0.15, 0.2) is 0 Å². The highest BCUT2D eigenvalue weighted by molar-refractivity contribution is 7.11. The molecule has 0 fully saturated rings. The number of imide groups is 1. The van der Waals surface area contributed by atoms with E-state index in [-0.39, 0.29) is 18.4 Å². The molecule has 1 aromatic heterocycles. The second-order valence-corrected chi connectivity index (χ2v) is 6.48. The summed E-state index contributed by atoms with van der Waals surface area (Å²) in [6, 6.07) is 13.4. The van der Waals surface area contributed by atoms with Crippen LogP contribution in [0.2, 0.25) is 0 Å². The van der Waals surface area contributed by atoms with Crippen molar-refractivity contribution in [3.05, 3.63) is 58.4 Å². The first-order chi connectivity index (χ1) is 12.2. The maximum Gasteiger partial charge on any atom is 0.278 e. The quantitative estimate of drug-likeness (QED) is 0.716. The Morgan fingerprint density at radius 1 is 1.08 bits per heavy atom. The van der Waals surface area contributed by atoms with Gasteiger partial charge in [-0.3, -0.25) is 14.5 Å². The number of hydrogen-bond acceptors (Lipinski definition) is 5. The molecule has 0 aliphatic carbocycles. The van der Waals surface area contributed by atoms with E-state index in [1.54, 1.807) is 7.11 Å². The van der Waals surface area contributed by atoms with Gasteiger partial charge in [-0.2, -0.15) is 0 Å². The van der Waals surface area contributed by atoms with E-state index >= 15 is 0 Å². The zero-order valence-electron chi connectivity index (χ0n) is 14.3. The van der Waals surface area contributed by atoms with Gasteiger partial charge in [-0.15, -0.1) is 11.3 Å². The normalized spacial score (nSPS) is 14.6. The fraction of sp³-hybridized carbons (Fsp3) is 0.263. The third kappa shape index (κ3) is 3.23. The van der Waals surface area contributed by atoms with E-state index in [1.165, 1.54) is 16.2 Å². The molecule has 5 nitrogen and oxygen atoms in total. The number of rotatable bonds is 7. The molecule has 2 aromatic rings. The zero-order valence-corrected chi connectivity index (χ0v) is 15.1. The lowest BCUT2D eigenvalue weighted by molar-refractivity contribution is -0.137. The smallest absolute Gasteiger partial charge is 0.278 e. The lowest BCUT2D eigenvalue weighted by atomic mass is 10.1. The van der Waals surface area contributed by atoms with Gasteiger partial charge >= 0.3 is 0 Å². The van der Waals surface area contributed by atoms with Crippen LogP contribution < -0.4 is 4.90 Å². The second kappa shape index (κ2) is 7.63. The molecule has 1 aromatic carbocycles. The molecule has 2 heterocycles. The largest absolute Gasteiger partial charge is 0.383 e. The number of benzene rings is 1. The standard InChI is InChI=1S/C19H20N2O3S/c1-3-20(14-8-5-4-6-9-14)17-16(15-10-7-13-25-15)18(22)21(19(17)23)11-12-24-2/h4-10,13H,3,11-12H2,1-2H3. The second-order valence-electron chi connectivity index (χ2n) is 5.54. The zero-order chi connectivity index (χ0) is 17.8. The number of likely N-dealkylation sites (N-methyl/N-ethyl adjacent to an activating group) is 1. The van der Waals surface area contributed by atoms with Crippen molar-refractivity contribution in [2.24, 2.45) is 0 Å². The number of hydrogen-bond donors (Lipinski definition) is 0. The first kappa shape index (κ1) is 17.4. The van der Waals surface area contributed by atoms with Crippen LogP contribution in [0.25, 0.3) is 5.57 Å². The summed E-state index contributed by atoms with van der Waals surface area (Å²) in [5, 5.41) is 1.91. The number of methoxy groups -OCH3 is 1. The molecule has 0 saturated carbocycles. The molecule has 6 heteroatoms. The van der Waals surface area contributed by atoms with Crippen molar-refractivity contribution in [3.8, 4) is 0 Å². The maximum atomic E-state index is 13.1. The number of amides is 2. The lowest BCUT2D eigenvalue weighted by Crippen LogP contribution is -2.37. The van der Waals surface area contributed by atoms with Gasteiger partial charge in [-0.1, -0.05) is 24.3 Å². The van der Waals surface area contributed by atoms with Gasteiger partial charge < -0.3 is 9.64 Å². The summed E-state index contributed by atoms with van der Waals surface area (Å²) >= 11 is 1.46. The third-order valence-corrected chi connectivity index (χ3v) is 4.97. The molecular formula is C19H20N2O3S. The number of ether oxygens (including phenoxy) is 1. The molecule has 0 saturated heterocycles. The minimum absolute atomic E-state index is 0.249. The molecule has 1 aliphatic rings. The van der Waals surface area contributed by atoms with Crippen LogP contribution in [0.5, 0.6) is 0 Å². The van der Waals surface area contributed by atoms with E-state index < -0.39 is 0 Å². The minimum Gasteiger partial charge on any atom is -0.383 e. The van der Waals surface area contributed by atoms with Gasteiger partial charge in [0, 0.05) is 24.2 Å². The van der Waals surface area contributed by atoms with Gasteiger partial charge in [0.2, 0.25) is 0 Å². The third-order valence-electron chi connectivity index (χ3n) is 4.08. The van der Waals surface area contributed by atoms with E-state index in [1.807, 2.05) is 59.7 Å². The predicted octanol–water partition coefficient (Wildman–Crippen LogP) is 3.00. The maximum absolute atomic E-state index is 13.1. The molecule has 130 valence electrons. The number of carbonyl (C=O) groups excluding carboxylic acids is 2. The Labute approximate surface area is 151 Å². The summed E-state index contributed by atoms with van der Waals surface area (Å²) in [6.45, 7) is 3.13. The topological polar surface area (TPSA) is 49.9 Å². The summed E-state index contributed by atoms with van der Waals surface area (Å²) in [5.41, 5.74) is 1.81. The number of carbonyl (C=O) groups is 2. The fourth-order valence-corrected chi connectivity index (χ4v) is 3.68. The molecule has 25 heavy (non-hydrogen) atoms. The predicted molar refractivity (Wildman–Crippen MR) is 99.3 cm³/mol. The average molecular weight is 356 g/mol. The molecule has 0 spiro atoms. The Morgan fingerprint density at radius 2 is 1.84 bits per heavy atom. The number of anilines is 1. The van der Waals surface area contributed by atoms with Gasteiger partial charge in [0.25, 0.3) is 11.8 Å². The highest BCUT2D eigenvalue weighted by atomic mass is 32.1. The van der Waals surface area contributed by atoms with Crippen LogP contribution in [-0.4, -0.2) is 43.5 Å². The molecule has 0 radical (unpaired) electrons. The van der Waals surface area contributed by atoms with E-state index in [2.05, 4.69) is 0 Å². The molecule has 0 unspecified atom stereocenters. The molecule has 1 aliphatic heterocycles. The van der Waals surface area contributed by atoms with Crippen LogP contribution >= 0.6 is 11.3 Å². The van der Waals surface area contributed by atoms with E-state index in [9.17, 15) is 9.59 Å². The van der Waals surface area contributed by atoms with Crippen molar-refractivity contribution in [2.45, 2.75) is 6.92 Å². The fourth-order valence-electron chi connectivity index (χ4n) is 2.92. The number of nitrogens with zero attached hydrogens (tertiary/aromatic N) is 2. The SMILES string of the molecule is CCN(C1=C(c2cccs2)C(=O)N(CCOC)C1=O)c1ccccc1. The summed E-state index contributed by atoms with van der Waals surface area (Å²) in [4.78, 5) is 30.0. The van der Waals surface area contributed by atoms with E-state index in [4.69, 9.17) is 4.74 Å². The Balaban J connectivity index is 2.10. The first-order valence-electron chi connectivity index (χ1n) is 8.15. The van der Waals surface area contributed by atoms with Gasteiger partial charge in [0.05, 0.1) is 18.7 Å². The Morgan fingerprint density at radius 3 is 2.44 bits per heavy atom. The van der Waals surface area contributed by atoms with Crippen LogP contribution in [0.4, 0.5) is 5.69 Å². The lowest BCUT2D eigenvalue weighted by Gasteiger charge is -2.24. The Kier molecular flexibility index (Phi) is 5.31. The van der Waals surface area contributed by atoms with E-state index in [0.29, 0.717) is 24.4 Å². The van der Waals surface area contributed by atoms with Gasteiger partial charge in [-0.25, -0.2) is 0 Å². The number of thiophene rings is 1. The Hall–Kier alpha value is -2.44. The summed E-state index contributed by atoms with van der Waals surface area (Å²) in [5.74, 6) is -0.523. The van der Waals surface area contributed by atoms with E-state index in [0.717, 1.165) is 10.6 Å². The monoisotopic (exact) mass is 356 g/mol. The van der Waals surface area contributed by atoms with Gasteiger partial charge in [0.1, 0.15) is 5.70 Å². The number of para-hydroxylation sites is 1. The van der Waals surface area contributed by atoms with Crippen LogP contribution in [0, 0.1) is 0 Å². The van der Waals surface area contributed by atoms with Crippen LogP contribution in [-0.2, 0) is 14.3 Å². The molecule has 2 amide bonds. The highest BCUT2D eigenvalue weighted by Crippen LogP contribution is 2.35. The molecular weight excluding hydrogens is 336 g/mol. The van der Waals surface area contributed by atoms with Gasteiger partial charge in [-0.05, 0) is 30.5 Å².